The molecular weight excluding hydrogens is 106 g/mol. The van der Waals surface area contributed by atoms with Crippen LogP contribution in [0.2, 0.25) is 0 Å². The summed E-state index contributed by atoms with van der Waals surface area (Å²) >= 11 is 1.40. The average molecular weight is 115 g/mol. The van der Waals surface area contributed by atoms with E-state index in [1.165, 1.54) is 22.9 Å². The molecule has 7 heavy (non-hydrogen) atoms. The van der Waals surface area contributed by atoms with Crippen molar-refractivity contribution in [2.24, 2.45) is 0 Å². The largest absolute Gasteiger partial charge is 0.302 e. The molecule has 0 aromatic heterocycles. The summed E-state index contributed by atoms with van der Waals surface area (Å²) in [5.74, 6) is 0. The highest BCUT2D eigenvalue weighted by Gasteiger charge is 1.71. The first-order chi connectivity index (χ1) is 3.27. The van der Waals surface area contributed by atoms with E-state index in [1.54, 1.807) is 0 Å². The van der Waals surface area contributed by atoms with Crippen molar-refractivity contribution in [3.8, 4) is 0 Å². The van der Waals surface area contributed by atoms with Crippen molar-refractivity contribution in [3.63, 3.8) is 0 Å². The van der Waals surface area contributed by atoms with Gasteiger partial charge in [0.2, 0.25) is 0 Å². The molecule has 0 radical (unpaired) electrons. The zero-order valence-corrected chi connectivity index (χ0v) is 5.38. The molecular formula is C5H9NS. The molecule has 0 fully saturated rings. The maximum atomic E-state index is 6.59. The molecule has 0 rings (SSSR count). The summed E-state index contributed by atoms with van der Waals surface area (Å²) in [7, 11) is 0. The van der Waals surface area contributed by atoms with Crippen molar-refractivity contribution in [1.29, 1.82) is 5.41 Å². The molecule has 0 aliphatic carbocycles. The summed E-state index contributed by atoms with van der Waals surface area (Å²) in [6, 6.07) is 0. The number of hydrogen-bond donors (Lipinski definition) is 1. The first-order valence-corrected chi connectivity index (χ1v) is 2.99. The minimum Gasteiger partial charge on any atom is -0.302 e. The highest BCUT2D eigenvalue weighted by atomic mass is 32.2. The lowest BCUT2D eigenvalue weighted by molar-refractivity contribution is 1.42. The van der Waals surface area contributed by atoms with Gasteiger partial charge in [-0.25, -0.2) is 0 Å². The lowest BCUT2D eigenvalue weighted by atomic mass is 10.4. The molecule has 1 nitrogen and oxygen atoms in total. The van der Waals surface area contributed by atoms with Gasteiger partial charge in [-0.1, -0.05) is 17.3 Å². The molecule has 0 amide bonds. The van der Waals surface area contributed by atoms with Gasteiger partial charge in [0.1, 0.15) is 0 Å². The van der Waals surface area contributed by atoms with E-state index in [-0.39, 0.29) is 0 Å². The van der Waals surface area contributed by atoms with Gasteiger partial charge in [0.15, 0.2) is 0 Å². The van der Waals surface area contributed by atoms with Crippen molar-refractivity contribution in [3.05, 3.63) is 11.0 Å². The molecule has 0 bridgehead atoms. The Bertz CT molecular complexity index is 82.1. The molecule has 0 atom stereocenters. The van der Waals surface area contributed by atoms with Gasteiger partial charge in [0.05, 0.1) is 5.55 Å². The highest BCUT2D eigenvalue weighted by Crippen LogP contribution is 2.00. The van der Waals surface area contributed by atoms with Gasteiger partial charge in [0.25, 0.3) is 0 Å². The molecule has 0 unspecified atom stereocenters. The molecule has 0 saturated heterocycles. The van der Waals surface area contributed by atoms with E-state index < -0.39 is 0 Å². The van der Waals surface area contributed by atoms with Gasteiger partial charge < -0.3 is 5.41 Å². The van der Waals surface area contributed by atoms with Gasteiger partial charge in [-0.15, -0.1) is 0 Å². The molecule has 0 aromatic rings. The monoisotopic (exact) mass is 115 g/mol. The summed E-state index contributed by atoms with van der Waals surface area (Å²) in [6.07, 6.45) is 0. The van der Waals surface area contributed by atoms with Crippen LogP contribution >= 0.6 is 11.8 Å². The lowest BCUT2D eigenvalue weighted by Crippen LogP contribution is -1.57. The Labute approximate surface area is 48.3 Å². The predicted molar refractivity (Wildman–Crippen MR) is 35.8 cm³/mol. The highest BCUT2D eigenvalue weighted by molar-refractivity contribution is 8.14. The second kappa shape index (κ2) is 3.93. The fraction of sp³-hybridized carbons (Fsp3) is 0.400. The molecule has 0 spiro atoms. The molecule has 0 aromatic carbocycles. The number of rotatable bonds is 2. The zero-order valence-electron chi connectivity index (χ0n) is 4.56. The van der Waals surface area contributed by atoms with Crippen LogP contribution in [-0.2, 0) is 0 Å². The van der Waals surface area contributed by atoms with E-state index >= 15 is 0 Å². The van der Waals surface area contributed by atoms with Gasteiger partial charge >= 0.3 is 0 Å². The van der Waals surface area contributed by atoms with Crippen LogP contribution in [0.4, 0.5) is 0 Å². The molecule has 2 heteroatoms. The standard InChI is InChI=1S/C5H9NS/c1-5(2)3-7-4-6/h3-4,6H,1-2H3. The fourth-order valence-electron chi connectivity index (χ4n) is 0.170. The third-order valence-electron chi connectivity index (χ3n) is 0.372. The normalized spacial score (nSPS) is 7.71. The topological polar surface area (TPSA) is 23.9 Å². The maximum Gasteiger partial charge on any atom is 0.0548 e. The summed E-state index contributed by atoms with van der Waals surface area (Å²) < 4.78 is 0. The van der Waals surface area contributed by atoms with E-state index in [1.807, 2.05) is 19.3 Å². The molecule has 0 aliphatic heterocycles. The SMILES string of the molecule is CC(C)=CSC=N. The Hall–Kier alpha value is -0.240. The second-order valence-electron chi connectivity index (χ2n) is 1.45. The van der Waals surface area contributed by atoms with Crippen molar-refractivity contribution in [2.45, 2.75) is 13.8 Å². The summed E-state index contributed by atoms with van der Waals surface area (Å²) in [4.78, 5) is 0. The molecule has 0 heterocycles. The van der Waals surface area contributed by atoms with E-state index in [4.69, 9.17) is 5.41 Å². The molecule has 1 N–H and O–H groups in total. The van der Waals surface area contributed by atoms with Crippen molar-refractivity contribution >= 4 is 17.3 Å². The maximum absolute atomic E-state index is 6.59. The van der Waals surface area contributed by atoms with E-state index in [2.05, 4.69) is 0 Å². The molecule has 0 saturated carbocycles. The predicted octanol–water partition coefficient (Wildman–Crippen LogP) is 2.25. The van der Waals surface area contributed by atoms with Crippen LogP contribution in [0.1, 0.15) is 13.8 Å². The third-order valence-corrected chi connectivity index (χ3v) is 1.12. The summed E-state index contributed by atoms with van der Waals surface area (Å²) in [6.45, 7) is 4.02. The number of thioether (sulfide) groups is 1. The molecule has 0 aliphatic rings. The van der Waals surface area contributed by atoms with Crippen LogP contribution in [0, 0.1) is 5.41 Å². The van der Waals surface area contributed by atoms with Crippen LogP contribution in [0.5, 0.6) is 0 Å². The van der Waals surface area contributed by atoms with Crippen LogP contribution in [0.25, 0.3) is 0 Å². The molecule has 40 valence electrons. The van der Waals surface area contributed by atoms with Gasteiger partial charge in [0, 0.05) is 0 Å². The van der Waals surface area contributed by atoms with E-state index in [9.17, 15) is 0 Å². The van der Waals surface area contributed by atoms with Crippen molar-refractivity contribution in [2.75, 3.05) is 0 Å². The van der Waals surface area contributed by atoms with Crippen molar-refractivity contribution < 1.29 is 0 Å². The summed E-state index contributed by atoms with van der Waals surface area (Å²) in [5.41, 5.74) is 2.56. The van der Waals surface area contributed by atoms with Gasteiger partial charge in [-0.05, 0) is 19.3 Å². The van der Waals surface area contributed by atoms with Crippen LogP contribution in [0.3, 0.4) is 0 Å². The first-order valence-electron chi connectivity index (χ1n) is 2.05. The Morgan fingerprint density at radius 3 is 2.29 bits per heavy atom. The Morgan fingerprint density at radius 1 is 1.57 bits per heavy atom. The lowest BCUT2D eigenvalue weighted by Gasteiger charge is -1.80. The van der Waals surface area contributed by atoms with E-state index in [0.717, 1.165) is 0 Å². The minimum atomic E-state index is 1.24. The third kappa shape index (κ3) is 5.76. The number of allylic oxidation sites excluding steroid dienone is 1. The van der Waals surface area contributed by atoms with Crippen molar-refractivity contribution in [1.82, 2.24) is 0 Å². The van der Waals surface area contributed by atoms with Gasteiger partial charge in [-0.2, -0.15) is 0 Å². The zero-order chi connectivity index (χ0) is 5.70. The minimum absolute atomic E-state index is 1.24. The van der Waals surface area contributed by atoms with E-state index in [0.29, 0.717) is 0 Å². The van der Waals surface area contributed by atoms with Gasteiger partial charge in [-0.3, -0.25) is 0 Å². The average Bonchev–Trinajstić information content (AvgIpc) is 1.61. The Morgan fingerprint density at radius 2 is 2.14 bits per heavy atom. The van der Waals surface area contributed by atoms with Crippen LogP contribution in [0.15, 0.2) is 11.0 Å². The van der Waals surface area contributed by atoms with Crippen LogP contribution in [-0.4, -0.2) is 5.55 Å². The second-order valence-corrected chi connectivity index (χ2v) is 2.19. The number of hydrogen-bond acceptors (Lipinski definition) is 2. The Balaban J connectivity index is 3.25. The number of nitrogens with one attached hydrogen (secondary N) is 1. The smallest absolute Gasteiger partial charge is 0.0548 e. The Kier molecular flexibility index (Phi) is 3.80. The van der Waals surface area contributed by atoms with Crippen LogP contribution < -0.4 is 0 Å². The first kappa shape index (κ1) is 6.76. The fourth-order valence-corrected chi connectivity index (χ4v) is 0.510. The quantitative estimate of drug-likeness (QED) is 0.433. The summed E-state index contributed by atoms with van der Waals surface area (Å²) in [5, 5.41) is 8.53.